The molecule has 7 heteroatoms. The Kier molecular flexibility index (Phi) is 4.60. The Hall–Kier alpha value is -2.37. The number of halogens is 2. The minimum Gasteiger partial charge on any atom is -0.261 e. The van der Waals surface area contributed by atoms with Gasteiger partial charge in [0, 0.05) is 11.2 Å². The van der Waals surface area contributed by atoms with Gasteiger partial charge in [-0.2, -0.15) is 10.2 Å². The molecule has 3 aromatic rings. The van der Waals surface area contributed by atoms with E-state index in [0.717, 1.165) is 16.9 Å². The van der Waals surface area contributed by atoms with E-state index in [1.165, 1.54) is 0 Å². The zero-order valence-corrected chi connectivity index (χ0v) is 13.8. The molecule has 1 N–H and O–H groups in total. The molecule has 0 amide bonds. The lowest BCUT2D eigenvalue weighted by Crippen LogP contribution is -1.96. The van der Waals surface area contributed by atoms with E-state index in [4.69, 9.17) is 23.2 Å². The van der Waals surface area contributed by atoms with Crippen molar-refractivity contribution in [1.82, 2.24) is 14.8 Å². The van der Waals surface area contributed by atoms with Gasteiger partial charge in [0.2, 0.25) is 0 Å². The first-order chi connectivity index (χ1) is 11.1. The molecule has 0 aliphatic carbocycles. The van der Waals surface area contributed by atoms with Gasteiger partial charge in [-0.25, -0.2) is 9.67 Å². The molecule has 0 unspecified atom stereocenters. The van der Waals surface area contributed by atoms with Gasteiger partial charge in [-0.05, 0) is 37.3 Å². The van der Waals surface area contributed by atoms with Crippen LogP contribution in [0.2, 0.25) is 10.2 Å². The summed E-state index contributed by atoms with van der Waals surface area (Å²) in [6, 6.07) is 12.9. The fourth-order valence-corrected chi connectivity index (χ4v) is 2.53. The fourth-order valence-electron chi connectivity index (χ4n) is 2.03. The summed E-state index contributed by atoms with van der Waals surface area (Å²) >= 11 is 12.4. The van der Waals surface area contributed by atoms with Crippen LogP contribution in [0, 0.1) is 6.92 Å². The topological polar surface area (TPSA) is 55.1 Å². The second-order valence-corrected chi connectivity index (χ2v) is 5.56. The number of aromatic nitrogens is 3. The van der Waals surface area contributed by atoms with Crippen LogP contribution in [0.4, 0.5) is 5.82 Å². The Morgan fingerprint density at radius 2 is 2.04 bits per heavy atom. The summed E-state index contributed by atoms with van der Waals surface area (Å²) < 4.78 is 1.63. The Bertz CT molecular complexity index is 843. The average Bonchev–Trinajstić information content (AvgIpc) is 2.84. The zero-order valence-electron chi connectivity index (χ0n) is 12.2. The van der Waals surface area contributed by atoms with Crippen molar-refractivity contribution in [3.63, 3.8) is 0 Å². The van der Waals surface area contributed by atoms with Gasteiger partial charge in [-0.1, -0.05) is 35.3 Å². The molecule has 0 bridgehead atoms. The van der Waals surface area contributed by atoms with Crippen LogP contribution in [0.1, 0.15) is 11.3 Å². The molecule has 5 nitrogen and oxygen atoms in total. The first kappa shape index (κ1) is 15.5. The minimum atomic E-state index is 0.469. The highest BCUT2D eigenvalue weighted by atomic mass is 35.5. The minimum absolute atomic E-state index is 0.469. The summed E-state index contributed by atoms with van der Waals surface area (Å²) in [5.41, 5.74) is 5.14. The van der Waals surface area contributed by atoms with Gasteiger partial charge >= 0.3 is 0 Å². The Morgan fingerprint density at radius 3 is 2.78 bits per heavy atom. The largest absolute Gasteiger partial charge is 0.261 e. The highest BCUT2D eigenvalue weighted by Gasteiger charge is 2.13. The zero-order chi connectivity index (χ0) is 16.2. The molecule has 0 radical (unpaired) electrons. The summed E-state index contributed by atoms with van der Waals surface area (Å²) in [6.45, 7) is 1.87. The van der Waals surface area contributed by atoms with Crippen molar-refractivity contribution in [1.29, 1.82) is 0 Å². The molecular formula is C16H13Cl2N5. The second kappa shape index (κ2) is 6.81. The molecule has 0 aliphatic heterocycles. The van der Waals surface area contributed by atoms with E-state index in [2.05, 4.69) is 20.6 Å². The van der Waals surface area contributed by atoms with Gasteiger partial charge in [0.1, 0.15) is 11.0 Å². The second-order valence-electron chi connectivity index (χ2n) is 4.77. The molecule has 1 aromatic carbocycles. The Morgan fingerprint density at radius 1 is 1.17 bits per heavy atom. The molecule has 2 aromatic heterocycles. The van der Waals surface area contributed by atoms with Crippen molar-refractivity contribution in [2.45, 2.75) is 6.92 Å². The summed E-state index contributed by atoms with van der Waals surface area (Å²) in [6.07, 6.45) is 3.31. The van der Waals surface area contributed by atoms with Crippen LogP contribution in [-0.2, 0) is 0 Å². The Labute approximate surface area is 143 Å². The number of benzene rings is 1. The van der Waals surface area contributed by atoms with E-state index < -0.39 is 0 Å². The summed E-state index contributed by atoms with van der Waals surface area (Å²) in [5.74, 6) is 0.653. The van der Waals surface area contributed by atoms with Crippen molar-refractivity contribution >= 4 is 35.2 Å². The van der Waals surface area contributed by atoms with E-state index in [9.17, 15) is 0 Å². The molecule has 2 heterocycles. The highest BCUT2D eigenvalue weighted by molar-refractivity contribution is 6.32. The number of nitrogens with one attached hydrogen (secondary N) is 1. The lowest BCUT2D eigenvalue weighted by Gasteiger charge is -2.03. The normalized spacial score (nSPS) is 11.1. The molecule has 23 heavy (non-hydrogen) atoms. The highest BCUT2D eigenvalue weighted by Crippen LogP contribution is 2.23. The van der Waals surface area contributed by atoms with E-state index in [-0.39, 0.29) is 0 Å². The molecule has 0 saturated heterocycles. The lowest BCUT2D eigenvalue weighted by molar-refractivity contribution is 0.863. The molecular weight excluding hydrogens is 333 g/mol. The maximum Gasteiger partial charge on any atom is 0.146 e. The third-order valence-corrected chi connectivity index (χ3v) is 3.74. The maximum atomic E-state index is 6.42. The van der Waals surface area contributed by atoms with E-state index in [0.29, 0.717) is 16.0 Å². The summed E-state index contributed by atoms with van der Waals surface area (Å²) in [5, 5.41) is 9.69. The third-order valence-electron chi connectivity index (χ3n) is 3.14. The van der Waals surface area contributed by atoms with E-state index in [1.807, 2.05) is 37.3 Å². The van der Waals surface area contributed by atoms with Crippen LogP contribution in [0.15, 0.2) is 53.8 Å². The number of aryl methyl sites for hydroxylation is 1. The van der Waals surface area contributed by atoms with Crippen molar-refractivity contribution < 1.29 is 0 Å². The van der Waals surface area contributed by atoms with Gasteiger partial charge < -0.3 is 0 Å². The van der Waals surface area contributed by atoms with Gasteiger partial charge in [0.05, 0.1) is 23.2 Å². The van der Waals surface area contributed by atoms with Crippen LogP contribution in [0.3, 0.4) is 0 Å². The first-order valence-corrected chi connectivity index (χ1v) is 7.62. The van der Waals surface area contributed by atoms with Gasteiger partial charge in [-0.15, -0.1) is 0 Å². The number of anilines is 1. The van der Waals surface area contributed by atoms with Crippen molar-refractivity contribution in [3.8, 4) is 5.69 Å². The van der Waals surface area contributed by atoms with E-state index >= 15 is 0 Å². The van der Waals surface area contributed by atoms with E-state index in [1.54, 1.807) is 29.2 Å². The smallest absolute Gasteiger partial charge is 0.146 e. The third kappa shape index (κ3) is 3.52. The van der Waals surface area contributed by atoms with Crippen molar-refractivity contribution in [2.75, 3.05) is 5.43 Å². The Balaban J connectivity index is 1.86. The van der Waals surface area contributed by atoms with Crippen LogP contribution < -0.4 is 5.43 Å². The maximum absolute atomic E-state index is 6.42. The molecule has 0 spiro atoms. The van der Waals surface area contributed by atoms with Crippen LogP contribution in [-0.4, -0.2) is 21.0 Å². The number of hydrazone groups is 1. The molecule has 0 aliphatic rings. The number of pyridine rings is 1. The van der Waals surface area contributed by atoms with Gasteiger partial charge in [0.25, 0.3) is 0 Å². The quantitative estimate of drug-likeness (QED) is 0.565. The average molecular weight is 346 g/mol. The fraction of sp³-hybridized carbons (Fsp3) is 0.0625. The number of rotatable bonds is 4. The monoisotopic (exact) mass is 345 g/mol. The van der Waals surface area contributed by atoms with Crippen molar-refractivity contribution in [3.05, 3.63) is 70.1 Å². The van der Waals surface area contributed by atoms with Crippen LogP contribution in [0.25, 0.3) is 5.69 Å². The molecule has 3 rings (SSSR count). The first-order valence-electron chi connectivity index (χ1n) is 6.86. The predicted molar refractivity (Wildman–Crippen MR) is 93.8 cm³/mol. The molecule has 116 valence electrons. The molecule has 0 fully saturated rings. The van der Waals surface area contributed by atoms with Gasteiger partial charge in [0.15, 0.2) is 0 Å². The summed E-state index contributed by atoms with van der Waals surface area (Å²) in [7, 11) is 0. The standard InChI is InChI=1S/C16H13Cl2N5/c1-11-14(10-20-21-15-7-2-3-8-19-15)16(18)23(22-11)13-6-4-5-12(17)9-13/h2-10H,1H3,(H,19,21)/b20-10-. The predicted octanol–water partition coefficient (Wildman–Crippen LogP) is 4.33. The molecule has 0 atom stereocenters. The molecule has 0 saturated carbocycles. The SMILES string of the molecule is Cc1nn(-c2cccc(Cl)c2)c(Cl)c1/C=N\Nc1ccccn1. The van der Waals surface area contributed by atoms with Gasteiger partial charge in [-0.3, -0.25) is 5.43 Å². The number of nitrogens with zero attached hydrogens (tertiary/aromatic N) is 4. The lowest BCUT2D eigenvalue weighted by atomic mass is 10.3. The number of hydrogen-bond donors (Lipinski definition) is 1. The van der Waals surface area contributed by atoms with Crippen molar-refractivity contribution in [2.24, 2.45) is 5.10 Å². The number of hydrogen-bond acceptors (Lipinski definition) is 4. The van der Waals surface area contributed by atoms with Crippen LogP contribution in [0.5, 0.6) is 0 Å². The summed E-state index contributed by atoms with van der Waals surface area (Å²) in [4.78, 5) is 4.12. The van der Waals surface area contributed by atoms with Crippen LogP contribution >= 0.6 is 23.2 Å².